The summed E-state index contributed by atoms with van der Waals surface area (Å²) in [7, 11) is 0. The van der Waals surface area contributed by atoms with E-state index in [1.54, 1.807) is 0 Å². The van der Waals surface area contributed by atoms with Crippen LogP contribution in [0.15, 0.2) is 18.2 Å². The molecule has 1 unspecified atom stereocenters. The summed E-state index contributed by atoms with van der Waals surface area (Å²) in [5.74, 6) is 1.03. The maximum Gasteiger partial charge on any atom is 0.122 e. The molecule has 1 aliphatic rings. The molecule has 2 rings (SSSR count). The van der Waals surface area contributed by atoms with Gasteiger partial charge in [-0.2, -0.15) is 0 Å². The van der Waals surface area contributed by atoms with Gasteiger partial charge in [-0.3, -0.25) is 0 Å². The number of benzene rings is 1. The van der Waals surface area contributed by atoms with Gasteiger partial charge in [-0.1, -0.05) is 19.1 Å². The van der Waals surface area contributed by atoms with E-state index < -0.39 is 0 Å². The van der Waals surface area contributed by atoms with E-state index in [1.807, 2.05) is 13.8 Å². The van der Waals surface area contributed by atoms with E-state index in [2.05, 4.69) is 30.4 Å². The number of nitrogens with one attached hydrogen (secondary N) is 1. The fraction of sp³-hybridized carbons (Fsp3) is 0.625. The second kappa shape index (κ2) is 6.92. The van der Waals surface area contributed by atoms with Crippen LogP contribution in [0.25, 0.3) is 0 Å². The fourth-order valence-corrected chi connectivity index (χ4v) is 2.65. The number of rotatable bonds is 7. The molecule has 0 saturated carbocycles. The third-order valence-electron chi connectivity index (χ3n) is 3.47. The van der Waals surface area contributed by atoms with E-state index >= 15 is 0 Å². The number of fused-ring (bicyclic) bond motifs is 1. The zero-order valence-corrected chi connectivity index (χ0v) is 12.2. The smallest absolute Gasteiger partial charge is 0.122 e. The van der Waals surface area contributed by atoms with Crippen molar-refractivity contribution in [2.24, 2.45) is 0 Å². The Balaban J connectivity index is 1.95. The summed E-state index contributed by atoms with van der Waals surface area (Å²) in [6, 6.07) is 6.87. The van der Waals surface area contributed by atoms with E-state index in [-0.39, 0.29) is 6.10 Å². The lowest BCUT2D eigenvalue weighted by Crippen LogP contribution is -2.18. The van der Waals surface area contributed by atoms with E-state index in [9.17, 15) is 0 Å². The minimum Gasteiger partial charge on any atom is -0.491 e. The van der Waals surface area contributed by atoms with Crippen molar-refractivity contribution in [3.05, 3.63) is 29.3 Å². The third-order valence-corrected chi connectivity index (χ3v) is 3.47. The van der Waals surface area contributed by atoms with Gasteiger partial charge in [-0.25, -0.2) is 0 Å². The van der Waals surface area contributed by atoms with Crippen LogP contribution in [0, 0.1) is 0 Å². The molecule has 0 amide bonds. The SMILES string of the molecule is CCNC1CCc2c(OCCOC(C)C)cccc21. The van der Waals surface area contributed by atoms with Crippen LogP contribution in [0.3, 0.4) is 0 Å². The predicted molar refractivity (Wildman–Crippen MR) is 77.8 cm³/mol. The number of hydrogen-bond acceptors (Lipinski definition) is 3. The van der Waals surface area contributed by atoms with Gasteiger partial charge < -0.3 is 14.8 Å². The van der Waals surface area contributed by atoms with Gasteiger partial charge >= 0.3 is 0 Å². The van der Waals surface area contributed by atoms with Crippen LogP contribution in [-0.4, -0.2) is 25.9 Å². The number of hydrogen-bond donors (Lipinski definition) is 1. The molecule has 19 heavy (non-hydrogen) atoms. The zero-order valence-electron chi connectivity index (χ0n) is 12.2. The van der Waals surface area contributed by atoms with Crippen LogP contribution in [-0.2, 0) is 11.2 Å². The highest BCUT2D eigenvalue weighted by Gasteiger charge is 2.24. The van der Waals surface area contributed by atoms with E-state index in [4.69, 9.17) is 9.47 Å². The minimum absolute atomic E-state index is 0.267. The van der Waals surface area contributed by atoms with Crippen LogP contribution >= 0.6 is 0 Å². The van der Waals surface area contributed by atoms with Gasteiger partial charge in [-0.05, 0) is 50.4 Å². The fourth-order valence-electron chi connectivity index (χ4n) is 2.65. The Labute approximate surface area is 116 Å². The average molecular weight is 263 g/mol. The van der Waals surface area contributed by atoms with Crippen LogP contribution < -0.4 is 10.1 Å². The molecule has 106 valence electrons. The molecular weight excluding hydrogens is 238 g/mol. The molecule has 0 radical (unpaired) electrons. The zero-order chi connectivity index (χ0) is 13.7. The quantitative estimate of drug-likeness (QED) is 0.767. The molecule has 1 aromatic rings. The molecule has 1 aromatic carbocycles. The first-order chi connectivity index (χ1) is 9.22. The van der Waals surface area contributed by atoms with E-state index in [0.29, 0.717) is 19.3 Å². The lowest BCUT2D eigenvalue weighted by atomic mass is 10.1. The van der Waals surface area contributed by atoms with Gasteiger partial charge in [-0.15, -0.1) is 0 Å². The van der Waals surface area contributed by atoms with Crippen molar-refractivity contribution in [1.82, 2.24) is 5.32 Å². The monoisotopic (exact) mass is 263 g/mol. The van der Waals surface area contributed by atoms with Crippen molar-refractivity contribution in [2.45, 2.75) is 45.8 Å². The lowest BCUT2D eigenvalue weighted by Gasteiger charge is -2.14. The van der Waals surface area contributed by atoms with Gasteiger partial charge in [0, 0.05) is 6.04 Å². The van der Waals surface area contributed by atoms with Crippen molar-refractivity contribution < 1.29 is 9.47 Å². The summed E-state index contributed by atoms with van der Waals surface area (Å²) < 4.78 is 11.4. The predicted octanol–water partition coefficient (Wildman–Crippen LogP) is 3.09. The summed E-state index contributed by atoms with van der Waals surface area (Å²) in [4.78, 5) is 0. The van der Waals surface area contributed by atoms with Crippen molar-refractivity contribution >= 4 is 0 Å². The van der Waals surface area contributed by atoms with Crippen molar-refractivity contribution in [3.8, 4) is 5.75 Å². The van der Waals surface area contributed by atoms with E-state index in [1.165, 1.54) is 17.5 Å². The summed E-state index contributed by atoms with van der Waals surface area (Å²) in [6.45, 7) is 8.53. The second-order valence-electron chi connectivity index (χ2n) is 5.24. The normalized spacial score (nSPS) is 17.8. The summed E-state index contributed by atoms with van der Waals surface area (Å²) in [6.07, 6.45) is 2.54. The number of ether oxygens (including phenoxy) is 2. The molecule has 3 heteroatoms. The Morgan fingerprint density at radius 3 is 2.89 bits per heavy atom. The molecule has 0 aliphatic heterocycles. The molecule has 1 atom stereocenters. The van der Waals surface area contributed by atoms with Crippen LogP contribution in [0.5, 0.6) is 5.75 Å². The Morgan fingerprint density at radius 1 is 1.32 bits per heavy atom. The molecule has 0 fully saturated rings. The second-order valence-corrected chi connectivity index (χ2v) is 5.24. The Hall–Kier alpha value is -1.06. The molecule has 0 saturated heterocycles. The Morgan fingerprint density at radius 2 is 2.16 bits per heavy atom. The van der Waals surface area contributed by atoms with Crippen molar-refractivity contribution in [3.63, 3.8) is 0 Å². The molecule has 3 nitrogen and oxygen atoms in total. The average Bonchev–Trinajstić information content (AvgIpc) is 2.79. The van der Waals surface area contributed by atoms with Crippen LogP contribution in [0.1, 0.15) is 44.4 Å². The molecule has 0 aromatic heterocycles. The highest BCUT2D eigenvalue weighted by Crippen LogP contribution is 2.36. The minimum atomic E-state index is 0.267. The molecule has 0 heterocycles. The topological polar surface area (TPSA) is 30.5 Å². The maximum atomic E-state index is 5.87. The highest BCUT2D eigenvalue weighted by atomic mass is 16.5. The van der Waals surface area contributed by atoms with E-state index in [0.717, 1.165) is 18.7 Å². The molecule has 1 aliphatic carbocycles. The van der Waals surface area contributed by atoms with Gasteiger partial charge in [0.05, 0.1) is 12.7 Å². The van der Waals surface area contributed by atoms with Crippen LogP contribution in [0.2, 0.25) is 0 Å². The first-order valence-electron chi connectivity index (χ1n) is 7.32. The highest BCUT2D eigenvalue weighted by molar-refractivity contribution is 5.45. The molecular formula is C16H25NO2. The summed E-state index contributed by atoms with van der Waals surface area (Å²) >= 11 is 0. The van der Waals surface area contributed by atoms with Crippen molar-refractivity contribution in [2.75, 3.05) is 19.8 Å². The summed E-state index contributed by atoms with van der Waals surface area (Å²) in [5.41, 5.74) is 2.78. The van der Waals surface area contributed by atoms with Gasteiger partial charge in [0.2, 0.25) is 0 Å². The largest absolute Gasteiger partial charge is 0.491 e. The van der Waals surface area contributed by atoms with Gasteiger partial charge in [0.1, 0.15) is 12.4 Å². The first-order valence-corrected chi connectivity index (χ1v) is 7.32. The van der Waals surface area contributed by atoms with Crippen molar-refractivity contribution in [1.29, 1.82) is 0 Å². The Kier molecular flexibility index (Phi) is 5.23. The molecule has 0 spiro atoms. The third kappa shape index (κ3) is 3.71. The van der Waals surface area contributed by atoms with Crippen LogP contribution in [0.4, 0.5) is 0 Å². The first kappa shape index (κ1) is 14.4. The molecule has 0 bridgehead atoms. The standard InChI is InChI=1S/C16H25NO2/c1-4-17-15-9-8-14-13(15)6-5-7-16(14)19-11-10-18-12(2)3/h5-7,12,15,17H,4,8-11H2,1-3H3. The molecule has 1 N–H and O–H groups in total. The maximum absolute atomic E-state index is 5.87. The van der Waals surface area contributed by atoms with Gasteiger partial charge in [0.25, 0.3) is 0 Å². The Bertz CT molecular complexity index is 404. The van der Waals surface area contributed by atoms with Gasteiger partial charge in [0.15, 0.2) is 0 Å². The summed E-state index contributed by atoms with van der Waals surface area (Å²) in [5, 5.41) is 3.53. The lowest BCUT2D eigenvalue weighted by molar-refractivity contribution is 0.0551.